The number of nitrogens with two attached hydrogens (primary N) is 1. The van der Waals surface area contributed by atoms with Gasteiger partial charge in [-0.15, -0.1) is 0 Å². The highest BCUT2D eigenvalue weighted by Gasteiger charge is 2.33. The standard InChI is InChI=1S/C13H14F3N3/c1-8-18-11(6-3-7-17)9-4-2-5-10(12(9)19-8)13(14,15)16/h2,4-5H,3,6-7,17H2,1H3. The van der Waals surface area contributed by atoms with Gasteiger partial charge in [-0.05, 0) is 32.4 Å². The molecule has 0 saturated heterocycles. The van der Waals surface area contributed by atoms with Crippen molar-refractivity contribution < 1.29 is 13.2 Å². The predicted molar refractivity (Wildman–Crippen MR) is 66.7 cm³/mol. The molecule has 2 rings (SSSR count). The van der Waals surface area contributed by atoms with Gasteiger partial charge in [-0.3, -0.25) is 0 Å². The Kier molecular flexibility index (Phi) is 3.71. The van der Waals surface area contributed by atoms with Gasteiger partial charge in [0, 0.05) is 5.39 Å². The second-order valence-electron chi connectivity index (χ2n) is 4.31. The summed E-state index contributed by atoms with van der Waals surface area (Å²) in [5.41, 5.74) is 5.31. The Morgan fingerprint density at radius 1 is 1.21 bits per heavy atom. The van der Waals surface area contributed by atoms with Gasteiger partial charge in [0.15, 0.2) is 0 Å². The summed E-state index contributed by atoms with van der Waals surface area (Å²) < 4.78 is 38.9. The molecule has 0 atom stereocenters. The molecule has 2 N–H and O–H groups in total. The molecule has 1 heterocycles. The van der Waals surface area contributed by atoms with Gasteiger partial charge in [-0.2, -0.15) is 13.2 Å². The first-order chi connectivity index (χ1) is 8.93. The van der Waals surface area contributed by atoms with Crippen LogP contribution in [0, 0.1) is 6.92 Å². The first-order valence-corrected chi connectivity index (χ1v) is 5.97. The predicted octanol–water partition coefficient (Wildman–Crippen LogP) is 2.85. The lowest BCUT2D eigenvalue weighted by Crippen LogP contribution is -2.09. The van der Waals surface area contributed by atoms with E-state index in [1.807, 2.05) is 0 Å². The average Bonchev–Trinajstić information content (AvgIpc) is 2.33. The Morgan fingerprint density at radius 2 is 1.95 bits per heavy atom. The molecule has 0 unspecified atom stereocenters. The summed E-state index contributed by atoms with van der Waals surface area (Å²) in [6.07, 6.45) is -3.18. The molecule has 0 spiro atoms. The Hall–Kier alpha value is -1.69. The van der Waals surface area contributed by atoms with Crippen molar-refractivity contribution in [1.82, 2.24) is 9.97 Å². The topological polar surface area (TPSA) is 51.8 Å². The van der Waals surface area contributed by atoms with Crippen LogP contribution in [0.15, 0.2) is 18.2 Å². The molecule has 6 heteroatoms. The molecule has 0 bridgehead atoms. The summed E-state index contributed by atoms with van der Waals surface area (Å²) in [6, 6.07) is 4.05. The number of halogens is 3. The summed E-state index contributed by atoms with van der Waals surface area (Å²) in [6.45, 7) is 2.07. The van der Waals surface area contributed by atoms with Crippen LogP contribution in [0.5, 0.6) is 0 Å². The lowest BCUT2D eigenvalue weighted by atomic mass is 10.1. The van der Waals surface area contributed by atoms with Gasteiger partial charge < -0.3 is 5.73 Å². The van der Waals surface area contributed by atoms with E-state index in [1.165, 1.54) is 6.07 Å². The van der Waals surface area contributed by atoms with E-state index >= 15 is 0 Å². The lowest BCUT2D eigenvalue weighted by Gasteiger charge is -2.12. The SMILES string of the molecule is Cc1nc(CCCN)c2cccc(C(F)(F)F)c2n1. The normalized spacial score (nSPS) is 12.1. The molecule has 0 saturated carbocycles. The van der Waals surface area contributed by atoms with E-state index in [2.05, 4.69) is 9.97 Å². The molecule has 102 valence electrons. The van der Waals surface area contributed by atoms with Crippen LogP contribution in [-0.4, -0.2) is 16.5 Å². The number of alkyl halides is 3. The maximum atomic E-state index is 13.0. The second-order valence-corrected chi connectivity index (χ2v) is 4.31. The lowest BCUT2D eigenvalue weighted by molar-refractivity contribution is -0.136. The maximum Gasteiger partial charge on any atom is 0.418 e. The van der Waals surface area contributed by atoms with Crippen molar-refractivity contribution in [2.45, 2.75) is 25.9 Å². The molecule has 0 aliphatic carbocycles. The monoisotopic (exact) mass is 269 g/mol. The van der Waals surface area contributed by atoms with Crippen molar-refractivity contribution in [2.24, 2.45) is 5.73 Å². The van der Waals surface area contributed by atoms with Crippen molar-refractivity contribution in [3.05, 3.63) is 35.3 Å². The summed E-state index contributed by atoms with van der Waals surface area (Å²) in [5, 5.41) is 0.453. The molecule has 0 fully saturated rings. The van der Waals surface area contributed by atoms with E-state index in [0.717, 1.165) is 6.07 Å². The average molecular weight is 269 g/mol. The number of hydrogen-bond donors (Lipinski definition) is 1. The fourth-order valence-electron chi connectivity index (χ4n) is 2.03. The van der Waals surface area contributed by atoms with Gasteiger partial charge in [-0.25, -0.2) is 9.97 Å². The zero-order chi connectivity index (χ0) is 14.0. The molecular formula is C13H14F3N3. The molecule has 0 amide bonds. The van der Waals surface area contributed by atoms with Crippen LogP contribution in [0.2, 0.25) is 0 Å². The first kappa shape index (κ1) is 13.7. The summed E-state index contributed by atoms with van der Waals surface area (Å²) >= 11 is 0. The minimum Gasteiger partial charge on any atom is -0.330 e. The van der Waals surface area contributed by atoms with Gasteiger partial charge in [-0.1, -0.05) is 12.1 Å². The zero-order valence-corrected chi connectivity index (χ0v) is 10.5. The Morgan fingerprint density at radius 3 is 2.58 bits per heavy atom. The number of fused-ring (bicyclic) bond motifs is 1. The fourth-order valence-corrected chi connectivity index (χ4v) is 2.03. The van der Waals surface area contributed by atoms with Crippen LogP contribution in [0.25, 0.3) is 10.9 Å². The van der Waals surface area contributed by atoms with Crippen LogP contribution >= 0.6 is 0 Å². The minimum absolute atomic E-state index is 0.0329. The van der Waals surface area contributed by atoms with Gasteiger partial charge >= 0.3 is 6.18 Å². The molecule has 2 aromatic rings. The van der Waals surface area contributed by atoms with Crippen LogP contribution in [0.4, 0.5) is 13.2 Å². The highest BCUT2D eigenvalue weighted by molar-refractivity contribution is 5.84. The first-order valence-electron chi connectivity index (χ1n) is 5.97. The van der Waals surface area contributed by atoms with Gasteiger partial charge in [0.05, 0.1) is 16.8 Å². The summed E-state index contributed by atoms with van der Waals surface area (Å²) in [7, 11) is 0. The van der Waals surface area contributed by atoms with Crippen LogP contribution < -0.4 is 5.73 Å². The summed E-state index contributed by atoms with van der Waals surface area (Å²) in [5.74, 6) is 0.344. The Balaban J connectivity index is 2.66. The molecule has 3 nitrogen and oxygen atoms in total. The van der Waals surface area contributed by atoms with Crippen molar-refractivity contribution in [3.8, 4) is 0 Å². The number of para-hydroxylation sites is 1. The van der Waals surface area contributed by atoms with E-state index < -0.39 is 11.7 Å². The van der Waals surface area contributed by atoms with Crippen LogP contribution in [0.1, 0.15) is 23.5 Å². The number of hydrogen-bond acceptors (Lipinski definition) is 3. The fraction of sp³-hybridized carbons (Fsp3) is 0.385. The zero-order valence-electron chi connectivity index (χ0n) is 10.5. The third-order valence-corrected chi connectivity index (χ3v) is 2.84. The molecular weight excluding hydrogens is 255 g/mol. The van der Waals surface area contributed by atoms with Gasteiger partial charge in [0.2, 0.25) is 0 Å². The van der Waals surface area contributed by atoms with Gasteiger partial charge in [0.25, 0.3) is 0 Å². The number of nitrogens with zero attached hydrogens (tertiary/aromatic N) is 2. The third kappa shape index (κ3) is 2.84. The van der Waals surface area contributed by atoms with Crippen molar-refractivity contribution in [3.63, 3.8) is 0 Å². The number of aromatic nitrogens is 2. The molecule has 19 heavy (non-hydrogen) atoms. The number of rotatable bonds is 3. The maximum absolute atomic E-state index is 13.0. The van der Waals surface area contributed by atoms with Crippen molar-refractivity contribution >= 4 is 10.9 Å². The number of aryl methyl sites for hydroxylation is 2. The molecule has 1 aromatic heterocycles. The highest BCUT2D eigenvalue weighted by Crippen LogP contribution is 2.34. The highest BCUT2D eigenvalue weighted by atomic mass is 19.4. The molecule has 1 aromatic carbocycles. The molecule has 0 radical (unpaired) electrons. The Labute approximate surface area is 108 Å². The van der Waals surface area contributed by atoms with Crippen molar-refractivity contribution in [2.75, 3.05) is 6.54 Å². The quantitative estimate of drug-likeness (QED) is 0.932. The van der Waals surface area contributed by atoms with Gasteiger partial charge in [0.1, 0.15) is 5.82 Å². The number of benzene rings is 1. The summed E-state index contributed by atoms with van der Waals surface area (Å²) in [4.78, 5) is 8.18. The van der Waals surface area contributed by atoms with Crippen LogP contribution in [-0.2, 0) is 12.6 Å². The Bertz CT molecular complexity index is 593. The van der Waals surface area contributed by atoms with E-state index in [0.29, 0.717) is 36.3 Å². The van der Waals surface area contributed by atoms with E-state index in [9.17, 15) is 13.2 Å². The van der Waals surface area contributed by atoms with E-state index in [-0.39, 0.29) is 5.52 Å². The molecule has 0 aliphatic heterocycles. The second kappa shape index (κ2) is 5.13. The minimum atomic E-state index is -4.41. The third-order valence-electron chi connectivity index (χ3n) is 2.84. The van der Waals surface area contributed by atoms with Crippen molar-refractivity contribution in [1.29, 1.82) is 0 Å². The largest absolute Gasteiger partial charge is 0.418 e. The smallest absolute Gasteiger partial charge is 0.330 e. The van der Waals surface area contributed by atoms with E-state index in [4.69, 9.17) is 5.73 Å². The van der Waals surface area contributed by atoms with Crippen LogP contribution in [0.3, 0.4) is 0 Å². The van der Waals surface area contributed by atoms with E-state index in [1.54, 1.807) is 13.0 Å². The molecule has 0 aliphatic rings.